The van der Waals surface area contributed by atoms with Crippen molar-refractivity contribution >= 4 is 11.9 Å². The largest absolute Gasteiger partial charge is 0.481 e. The van der Waals surface area contributed by atoms with E-state index in [9.17, 15) is 14.7 Å². The summed E-state index contributed by atoms with van der Waals surface area (Å²) in [7, 11) is 1.43. The van der Waals surface area contributed by atoms with E-state index in [4.69, 9.17) is 10.5 Å². The van der Waals surface area contributed by atoms with Crippen molar-refractivity contribution < 1.29 is 19.4 Å². The number of nitrogens with two attached hydrogens (primary N) is 1. The topological polar surface area (TPSA) is 92.9 Å². The third-order valence-electron chi connectivity index (χ3n) is 3.57. The molecule has 1 rings (SSSR count). The molecular formula is C11H20N2O4. The van der Waals surface area contributed by atoms with Crippen LogP contribution in [0.2, 0.25) is 0 Å². The predicted molar refractivity (Wildman–Crippen MR) is 61.4 cm³/mol. The summed E-state index contributed by atoms with van der Waals surface area (Å²) in [5, 5.41) is 9.22. The van der Waals surface area contributed by atoms with Crippen LogP contribution >= 0.6 is 0 Å². The van der Waals surface area contributed by atoms with E-state index in [1.807, 2.05) is 6.92 Å². The zero-order chi connectivity index (χ0) is 13.1. The number of methoxy groups -OCH3 is 1. The van der Waals surface area contributed by atoms with Crippen molar-refractivity contribution in [1.29, 1.82) is 0 Å². The number of carbonyl (C=O) groups is 2. The Morgan fingerprint density at radius 1 is 1.59 bits per heavy atom. The molecule has 2 atom stereocenters. The Kier molecular flexibility index (Phi) is 4.47. The van der Waals surface area contributed by atoms with Gasteiger partial charge >= 0.3 is 5.97 Å². The molecule has 6 nitrogen and oxygen atoms in total. The first-order valence-corrected chi connectivity index (χ1v) is 5.75. The molecule has 0 aromatic rings. The Hall–Kier alpha value is -1.14. The van der Waals surface area contributed by atoms with Crippen LogP contribution in [-0.2, 0) is 14.3 Å². The van der Waals surface area contributed by atoms with Crippen LogP contribution in [0.15, 0.2) is 0 Å². The minimum Gasteiger partial charge on any atom is -0.481 e. The zero-order valence-electron chi connectivity index (χ0n) is 10.3. The van der Waals surface area contributed by atoms with Crippen molar-refractivity contribution in [1.82, 2.24) is 4.90 Å². The molecular weight excluding hydrogens is 224 g/mol. The van der Waals surface area contributed by atoms with E-state index >= 15 is 0 Å². The second kappa shape index (κ2) is 5.46. The van der Waals surface area contributed by atoms with Gasteiger partial charge in [0.05, 0.1) is 5.41 Å². The number of carboxylic acids is 1. The molecule has 6 heteroatoms. The number of rotatable bonds is 5. The molecule has 2 unspecified atom stereocenters. The molecule has 0 radical (unpaired) electrons. The summed E-state index contributed by atoms with van der Waals surface area (Å²) in [6.45, 7) is 2.65. The maximum Gasteiger partial charge on any atom is 0.311 e. The first-order valence-electron chi connectivity index (χ1n) is 5.75. The first-order chi connectivity index (χ1) is 8.00. The number of hydrogen-bond acceptors (Lipinski definition) is 4. The van der Waals surface area contributed by atoms with Gasteiger partial charge in [-0.1, -0.05) is 6.92 Å². The average Bonchev–Trinajstić information content (AvgIpc) is 2.76. The number of carbonyl (C=O) groups excluding carboxylic acids is 1. The minimum atomic E-state index is -0.836. The van der Waals surface area contributed by atoms with Gasteiger partial charge in [0.25, 0.3) is 5.91 Å². The fourth-order valence-corrected chi connectivity index (χ4v) is 2.18. The third kappa shape index (κ3) is 2.58. The van der Waals surface area contributed by atoms with Crippen molar-refractivity contribution in [2.24, 2.45) is 11.1 Å². The number of likely N-dealkylation sites (tertiary alicyclic amines) is 1. The third-order valence-corrected chi connectivity index (χ3v) is 3.57. The molecule has 1 fully saturated rings. The molecule has 0 aromatic carbocycles. The summed E-state index contributed by atoms with van der Waals surface area (Å²) in [6.07, 6.45) is 0.342. The number of hydrogen-bond donors (Lipinski definition) is 2. The highest BCUT2D eigenvalue weighted by atomic mass is 16.5. The molecule has 0 bridgehead atoms. The van der Waals surface area contributed by atoms with Gasteiger partial charge < -0.3 is 20.5 Å². The van der Waals surface area contributed by atoms with E-state index in [0.29, 0.717) is 19.4 Å². The molecule has 3 N–H and O–H groups in total. The van der Waals surface area contributed by atoms with Gasteiger partial charge in [0.15, 0.2) is 0 Å². The second-order valence-corrected chi connectivity index (χ2v) is 4.41. The van der Waals surface area contributed by atoms with E-state index < -0.39 is 17.5 Å². The highest BCUT2D eigenvalue weighted by Gasteiger charge is 2.45. The predicted octanol–water partition coefficient (Wildman–Crippen LogP) is -0.327. The maximum atomic E-state index is 12.0. The summed E-state index contributed by atoms with van der Waals surface area (Å²) < 4.78 is 4.97. The molecule has 98 valence electrons. The highest BCUT2D eigenvalue weighted by Crippen LogP contribution is 2.34. The molecule has 0 saturated carbocycles. The monoisotopic (exact) mass is 244 g/mol. The van der Waals surface area contributed by atoms with E-state index in [1.165, 1.54) is 7.11 Å². The number of aliphatic carboxylic acids is 1. The molecule has 0 aliphatic carbocycles. The lowest BCUT2D eigenvalue weighted by Gasteiger charge is -2.25. The molecule has 17 heavy (non-hydrogen) atoms. The fourth-order valence-electron chi connectivity index (χ4n) is 2.18. The highest BCUT2D eigenvalue weighted by molar-refractivity contribution is 5.83. The smallest absolute Gasteiger partial charge is 0.311 e. The number of ether oxygens (including phenoxy) is 1. The average molecular weight is 244 g/mol. The van der Waals surface area contributed by atoms with Crippen LogP contribution in [0.25, 0.3) is 0 Å². The van der Waals surface area contributed by atoms with E-state index in [-0.39, 0.29) is 19.0 Å². The van der Waals surface area contributed by atoms with Crippen LogP contribution in [0.4, 0.5) is 0 Å². The normalized spacial score (nSPS) is 25.9. The van der Waals surface area contributed by atoms with Crippen molar-refractivity contribution in [2.75, 3.05) is 26.7 Å². The lowest BCUT2D eigenvalue weighted by Crippen LogP contribution is -2.44. The number of amides is 1. The summed E-state index contributed by atoms with van der Waals surface area (Å²) >= 11 is 0. The van der Waals surface area contributed by atoms with Gasteiger partial charge in [-0.15, -0.1) is 0 Å². The Bertz CT molecular complexity index is 304. The van der Waals surface area contributed by atoms with Crippen LogP contribution in [0, 0.1) is 5.41 Å². The molecule has 0 aromatic heterocycles. The van der Waals surface area contributed by atoms with Gasteiger partial charge in [0.1, 0.15) is 6.10 Å². The van der Waals surface area contributed by atoms with Crippen molar-refractivity contribution in [3.63, 3.8) is 0 Å². The van der Waals surface area contributed by atoms with E-state index in [2.05, 4.69) is 0 Å². The number of nitrogens with zero attached hydrogens (tertiary/aromatic N) is 1. The lowest BCUT2D eigenvalue weighted by atomic mass is 9.84. The zero-order valence-corrected chi connectivity index (χ0v) is 10.3. The minimum absolute atomic E-state index is 0.109. The Labute approximate surface area is 101 Å². The second-order valence-electron chi connectivity index (χ2n) is 4.41. The molecule has 1 saturated heterocycles. The van der Waals surface area contributed by atoms with Crippen LogP contribution in [-0.4, -0.2) is 54.7 Å². The molecule has 1 aliphatic rings. The summed E-state index contributed by atoms with van der Waals surface area (Å²) in [4.78, 5) is 24.7. The molecule has 1 heterocycles. The summed E-state index contributed by atoms with van der Waals surface area (Å²) in [6, 6.07) is 0. The van der Waals surface area contributed by atoms with E-state index in [0.717, 1.165) is 0 Å². The lowest BCUT2D eigenvalue weighted by molar-refractivity contribution is -0.149. The van der Waals surface area contributed by atoms with Gasteiger partial charge in [-0.3, -0.25) is 9.59 Å². The summed E-state index contributed by atoms with van der Waals surface area (Å²) in [5.74, 6) is -1.05. The van der Waals surface area contributed by atoms with E-state index in [1.54, 1.807) is 4.90 Å². The van der Waals surface area contributed by atoms with Gasteiger partial charge in [-0.05, 0) is 12.8 Å². The number of carboxylic acid groups (broad SMARTS) is 1. The SMILES string of the molecule is CCC1(C(=O)O)CCN(C(=O)C(CN)OC)C1. The van der Waals surface area contributed by atoms with Crippen molar-refractivity contribution in [3.8, 4) is 0 Å². The van der Waals surface area contributed by atoms with Crippen LogP contribution in [0.1, 0.15) is 19.8 Å². The molecule has 1 amide bonds. The van der Waals surface area contributed by atoms with Crippen LogP contribution in [0.3, 0.4) is 0 Å². The van der Waals surface area contributed by atoms with Gasteiger partial charge in [0, 0.05) is 26.7 Å². The van der Waals surface area contributed by atoms with Crippen LogP contribution < -0.4 is 5.73 Å². The van der Waals surface area contributed by atoms with Gasteiger partial charge in [-0.25, -0.2) is 0 Å². The maximum absolute atomic E-state index is 12.0. The Morgan fingerprint density at radius 3 is 2.59 bits per heavy atom. The fraction of sp³-hybridized carbons (Fsp3) is 0.818. The van der Waals surface area contributed by atoms with Crippen molar-refractivity contribution in [3.05, 3.63) is 0 Å². The van der Waals surface area contributed by atoms with Gasteiger partial charge in [0.2, 0.25) is 0 Å². The van der Waals surface area contributed by atoms with Gasteiger partial charge in [-0.2, -0.15) is 0 Å². The molecule has 1 aliphatic heterocycles. The standard InChI is InChI=1S/C11H20N2O4/c1-3-11(10(15)16)4-5-13(7-11)9(14)8(6-12)17-2/h8H,3-7,12H2,1-2H3,(H,15,16). The molecule has 0 spiro atoms. The van der Waals surface area contributed by atoms with Crippen molar-refractivity contribution in [2.45, 2.75) is 25.9 Å². The Morgan fingerprint density at radius 2 is 2.24 bits per heavy atom. The Balaban J connectivity index is 2.72. The first kappa shape index (κ1) is 13.9. The quantitative estimate of drug-likeness (QED) is 0.691. The summed E-state index contributed by atoms with van der Waals surface area (Å²) in [5.41, 5.74) is 4.62. The van der Waals surface area contributed by atoms with Crippen LogP contribution in [0.5, 0.6) is 0 Å².